The van der Waals surface area contributed by atoms with Gasteiger partial charge in [-0.2, -0.15) is 0 Å². The highest BCUT2D eigenvalue weighted by atomic mass is 16.5. The van der Waals surface area contributed by atoms with Crippen LogP contribution < -0.4 is 9.64 Å². The third-order valence-corrected chi connectivity index (χ3v) is 6.08. The summed E-state index contributed by atoms with van der Waals surface area (Å²) in [6.45, 7) is 3.87. The number of fused-ring (bicyclic) bond motifs is 1. The molecular weight excluding hydrogens is 418 g/mol. The molecule has 0 bridgehead atoms. The van der Waals surface area contributed by atoms with Crippen LogP contribution in [0.5, 0.6) is 11.5 Å². The van der Waals surface area contributed by atoms with Crippen molar-refractivity contribution in [3.63, 3.8) is 0 Å². The molecule has 3 aromatic rings. The van der Waals surface area contributed by atoms with Gasteiger partial charge in [0.25, 0.3) is 11.7 Å². The Kier molecular flexibility index (Phi) is 4.93. The summed E-state index contributed by atoms with van der Waals surface area (Å²) in [6, 6.07) is 18.0. The van der Waals surface area contributed by atoms with E-state index in [1.165, 1.54) is 17.0 Å². The molecule has 6 heteroatoms. The number of benzene rings is 3. The van der Waals surface area contributed by atoms with Crippen LogP contribution in [0.15, 0.2) is 72.3 Å². The normalized spacial score (nSPS) is 21.2. The van der Waals surface area contributed by atoms with Crippen molar-refractivity contribution in [1.82, 2.24) is 0 Å². The van der Waals surface area contributed by atoms with Gasteiger partial charge in [0.2, 0.25) is 0 Å². The summed E-state index contributed by atoms with van der Waals surface area (Å²) in [5.74, 6) is -0.991. The third kappa shape index (κ3) is 3.53. The molecule has 0 saturated carbocycles. The molecule has 2 aliphatic rings. The number of Topliss-reactive ketones (excluding diaryl/α,β-unsaturated/α-hetero) is 1. The standard InChI is InChI=1S/C27H23NO5/c1-15-5-3-7-20(11-15)28-24(17-6-4-8-21(29)14-17)23(26(31)27(28)32)25(30)18-9-10-22-19(13-18)12-16(2)33-22/h3-11,13-14,16,24,29-30H,12H2,1-2H3/b25-23-. The number of aryl methyl sites for hydroxylation is 1. The monoisotopic (exact) mass is 441 g/mol. The third-order valence-electron chi connectivity index (χ3n) is 6.08. The number of aromatic hydroxyl groups is 1. The topological polar surface area (TPSA) is 87.1 Å². The highest BCUT2D eigenvalue weighted by Crippen LogP contribution is 2.43. The fraction of sp³-hybridized carbons (Fsp3) is 0.185. The number of nitrogens with zero attached hydrogens (tertiary/aromatic N) is 1. The second-order valence-corrected chi connectivity index (χ2v) is 8.56. The van der Waals surface area contributed by atoms with E-state index in [1.807, 2.05) is 32.0 Å². The van der Waals surface area contributed by atoms with E-state index in [0.29, 0.717) is 23.2 Å². The fourth-order valence-electron chi connectivity index (χ4n) is 4.61. The molecular formula is C27H23NO5. The second-order valence-electron chi connectivity index (χ2n) is 8.56. The van der Waals surface area contributed by atoms with Gasteiger partial charge in [0.05, 0.1) is 11.6 Å². The SMILES string of the molecule is Cc1cccc(N2C(=O)C(=O)/C(=C(\O)c3ccc4c(c3)CC(C)O4)C2c2cccc(O)c2)c1. The van der Waals surface area contributed by atoms with Crippen LogP contribution in [0, 0.1) is 6.92 Å². The summed E-state index contributed by atoms with van der Waals surface area (Å²) in [6.07, 6.45) is 0.737. The molecule has 2 atom stereocenters. The molecule has 166 valence electrons. The first-order valence-electron chi connectivity index (χ1n) is 10.8. The first-order chi connectivity index (χ1) is 15.8. The average molecular weight is 441 g/mol. The van der Waals surface area contributed by atoms with Crippen molar-refractivity contribution in [1.29, 1.82) is 0 Å². The van der Waals surface area contributed by atoms with Crippen LogP contribution in [0.3, 0.4) is 0 Å². The number of aliphatic hydroxyl groups excluding tert-OH is 1. The Morgan fingerprint density at radius 3 is 2.58 bits per heavy atom. The maximum absolute atomic E-state index is 13.2. The van der Waals surface area contributed by atoms with Crippen molar-refractivity contribution in [2.45, 2.75) is 32.4 Å². The lowest BCUT2D eigenvalue weighted by Crippen LogP contribution is -2.29. The van der Waals surface area contributed by atoms with Crippen LogP contribution in [0.2, 0.25) is 0 Å². The molecule has 6 nitrogen and oxygen atoms in total. The van der Waals surface area contributed by atoms with Crippen LogP contribution in [0.4, 0.5) is 5.69 Å². The van der Waals surface area contributed by atoms with Crippen molar-refractivity contribution in [2.24, 2.45) is 0 Å². The van der Waals surface area contributed by atoms with Crippen LogP contribution >= 0.6 is 0 Å². The van der Waals surface area contributed by atoms with E-state index in [1.54, 1.807) is 36.4 Å². The maximum atomic E-state index is 13.2. The van der Waals surface area contributed by atoms with Crippen molar-refractivity contribution < 1.29 is 24.5 Å². The summed E-state index contributed by atoms with van der Waals surface area (Å²) in [4.78, 5) is 27.8. The van der Waals surface area contributed by atoms with E-state index in [-0.39, 0.29) is 23.2 Å². The molecule has 1 amide bonds. The zero-order valence-corrected chi connectivity index (χ0v) is 18.3. The number of hydrogen-bond donors (Lipinski definition) is 2. The van der Waals surface area contributed by atoms with Gasteiger partial charge in [-0.25, -0.2) is 0 Å². The first-order valence-corrected chi connectivity index (χ1v) is 10.8. The first kappa shape index (κ1) is 20.8. The van der Waals surface area contributed by atoms with E-state index in [0.717, 1.165) is 16.9 Å². The largest absolute Gasteiger partial charge is 0.508 e. The Morgan fingerprint density at radius 1 is 1.03 bits per heavy atom. The van der Waals surface area contributed by atoms with Gasteiger partial charge in [0, 0.05) is 17.7 Å². The quantitative estimate of drug-likeness (QED) is 0.351. The lowest BCUT2D eigenvalue weighted by atomic mass is 9.94. The predicted octanol–water partition coefficient (Wildman–Crippen LogP) is 4.65. The van der Waals surface area contributed by atoms with Gasteiger partial charge in [-0.1, -0.05) is 24.3 Å². The summed E-state index contributed by atoms with van der Waals surface area (Å²) in [5, 5.41) is 21.4. The second kappa shape index (κ2) is 7.81. The molecule has 2 N–H and O–H groups in total. The van der Waals surface area contributed by atoms with Gasteiger partial charge < -0.3 is 14.9 Å². The Balaban J connectivity index is 1.70. The van der Waals surface area contributed by atoms with Gasteiger partial charge in [0.15, 0.2) is 0 Å². The molecule has 0 aliphatic carbocycles. The predicted molar refractivity (Wildman–Crippen MR) is 124 cm³/mol. The molecule has 2 aliphatic heterocycles. The smallest absolute Gasteiger partial charge is 0.300 e. The zero-order valence-electron chi connectivity index (χ0n) is 18.3. The lowest BCUT2D eigenvalue weighted by Gasteiger charge is -2.25. The highest BCUT2D eigenvalue weighted by Gasteiger charge is 2.47. The number of carbonyl (C=O) groups excluding carboxylic acids is 2. The molecule has 5 rings (SSSR count). The molecule has 0 aromatic heterocycles. The molecule has 33 heavy (non-hydrogen) atoms. The van der Waals surface area contributed by atoms with E-state index in [4.69, 9.17) is 4.74 Å². The molecule has 2 heterocycles. The number of phenolic OH excluding ortho intramolecular Hbond substituents is 1. The molecule has 1 fully saturated rings. The van der Waals surface area contributed by atoms with Crippen LogP contribution in [0.1, 0.15) is 35.2 Å². The van der Waals surface area contributed by atoms with Gasteiger partial charge in [-0.15, -0.1) is 0 Å². The molecule has 3 aromatic carbocycles. The summed E-state index contributed by atoms with van der Waals surface area (Å²) < 4.78 is 5.74. The summed E-state index contributed by atoms with van der Waals surface area (Å²) in [5.41, 5.74) is 3.36. The number of rotatable bonds is 3. The lowest BCUT2D eigenvalue weighted by molar-refractivity contribution is -0.132. The Labute approximate surface area is 191 Å². The fourth-order valence-corrected chi connectivity index (χ4v) is 4.61. The minimum absolute atomic E-state index is 0.00555. The van der Waals surface area contributed by atoms with E-state index >= 15 is 0 Å². The van der Waals surface area contributed by atoms with Crippen molar-refractivity contribution in [3.8, 4) is 11.5 Å². The van der Waals surface area contributed by atoms with Gasteiger partial charge in [0.1, 0.15) is 23.4 Å². The summed E-state index contributed by atoms with van der Waals surface area (Å²) in [7, 11) is 0. The summed E-state index contributed by atoms with van der Waals surface area (Å²) >= 11 is 0. The number of amides is 1. The number of phenols is 1. The van der Waals surface area contributed by atoms with Gasteiger partial charge >= 0.3 is 0 Å². The Hall–Kier alpha value is -4.06. The minimum Gasteiger partial charge on any atom is -0.508 e. The highest BCUT2D eigenvalue weighted by molar-refractivity contribution is 6.51. The molecule has 0 radical (unpaired) electrons. The van der Waals surface area contributed by atoms with Crippen molar-refractivity contribution in [2.75, 3.05) is 4.90 Å². The average Bonchev–Trinajstić information content (AvgIpc) is 3.29. The number of hydrogen-bond acceptors (Lipinski definition) is 5. The number of aliphatic hydroxyl groups is 1. The number of anilines is 1. The van der Waals surface area contributed by atoms with Crippen LogP contribution in [-0.2, 0) is 16.0 Å². The number of ketones is 1. The van der Waals surface area contributed by atoms with Crippen LogP contribution in [0.25, 0.3) is 5.76 Å². The Morgan fingerprint density at radius 2 is 1.82 bits per heavy atom. The van der Waals surface area contributed by atoms with Gasteiger partial charge in [-0.05, 0) is 73.0 Å². The van der Waals surface area contributed by atoms with E-state index in [2.05, 4.69) is 0 Å². The minimum atomic E-state index is -0.887. The van der Waals surface area contributed by atoms with Crippen LogP contribution in [-0.4, -0.2) is 28.0 Å². The molecule has 0 spiro atoms. The number of ether oxygens (including phenoxy) is 1. The Bertz CT molecular complexity index is 1330. The van der Waals surface area contributed by atoms with Gasteiger partial charge in [-0.3, -0.25) is 14.5 Å². The molecule has 2 unspecified atom stereocenters. The maximum Gasteiger partial charge on any atom is 0.300 e. The van der Waals surface area contributed by atoms with Crippen molar-refractivity contribution >= 4 is 23.1 Å². The van der Waals surface area contributed by atoms with E-state index in [9.17, 15) is 19.8 Å². The zero-order chi connectivity index (χ0) is 23.3. The molecule has 1 saturated heterocycles. The van der Waals surface area contributed by atoms with E-state index < -0.39 is 17.7 Å². The number of carbonyl (C=O) groups is 2. The van der Waals surface area contributed by atoms with Crippen molar-refractivity contribution in [3.05, 3.63) is 94.6 Å².